The van der Waals surface area contributed by atoms with E-state index in [4.69, 9.17) is 6.42 Å². The summed E-state index contributed by atoms with van der Waals surface area (Å²) in [5, 5.41) is 3.10. The Bertz CT molecular complexity index is 332. The van der Waals surface area contributed by atoms with E-state index >= 15 is 0 Å². The van der Waals surface area contributed by atoms with Crippen molar-refractivity contribution in [2.24, 2.45) is 7.05 Å². The number of rotatable bonds is 2. The van der Waals surface area contributed by atoms with Crippen LogP contribution in [-0.2, 0) is 7.05 Å². The molecule has 4 nitrogen and oxygen atoms in total. The monoisotopic (exact) mass is 169 g/mol. The molecule has 0 aliphatic rings. The highest BCUT2D eigenvalue weighted by atomic mass is 32.2. The standard InChI is InChI=1S/C6H7N3OS/c1-3-4-11-6-7-5(10)8-9(6)2/h1H,4H2,2H3,(H,8,10). The molecule has 0 aliphatic heterocycles. The van der Waals surface area contributed by atoms with E-state index in [0.717, 1.165) is 0 Å². The van der Waals surface area contributed by atoms with Gasteiger partial charge in [-0.2, -0.15) is 4.98 Å². The number of aromatic amines is 1. The second-order valence-corrected chi connectivity index (χ2v) is 2.81. The summed E-state index contributed by atoms with van der Waals surface area (Å²) in [4.78, 5) is 14.3. The molecule has 0 saturated heterocycles. The Hall–Kier alpha value is -1.15. The third-order valence-corrected chi connectivity index (χ3v) is 1.97. The molecule has 1 rings (SSSR count). The van der Waals surface area contributed by atoms with Crippen molar-refractivity contribution in [1.82, 2.24) is 14.8 Å². The number of nitrogens with zero attached hydrogens (tertiary/aromatic N) is 2. The van der Waals surface area contributed by atoms with Gasteiger partial charge >= 0.3 is 5.69 Å². The zero-order valence-corrected chi connectivity index (χ0v) is 6.81. The molecule has 0 bridgehead atoms. The van der Waals surface area contributed by atoms with Crippen molar-refractivity contribution in [1.29, 1.82) is 0 Å². The first-order valence-corrected chi connectivity index (χ1v) is 3.92. The van der Waals surface area contributed by atoms with Gasteiger partial charge in [0.15, 0.2) is 5.16 Å². The first-order valence-electron chi connectivity index (χ1n) is 2.93. The van der Waals surface area contributed by atoms with E-state index in [-0.39, 0.29) is 5.69 Å². The second kappa shape index (κ2) is 3.30. The minimum Gasteiger partial charge on any atom is -0.264 e. The minimum atomic E-state index is -0.341. The summed E-state index contributed by atoms with van der Waals surface area (Å²) in [6.45, 7) is 0. The molecule has 1 N–H and O–H groups in total. The largest absolute Gasteiger partial charge is 0.362 e. The summed E-state index contributed by atoms with van der Waals surface area (Å²) in [7, 11) is 1.72. The van der Waals surface area contributed by atoms with Gasteiger partial charge in [0.05, 0.1) is 5.75 Å². The Balaban J connectivity index is 2.79. The summed E-state index contributed by atoms with van der Waals surface area (Å²) >= 11 is 1.35. The number of aryl methyl sites for hydroxylation is 1. The maximum atomic E-state index is 10.6. The maximum Gasteiger partial charge on any atom is 0.362 e. The smallest absolute Gasteiger partial charge is 0.264 e. The first-order chi connectivity index (χ1) is 5.24. The lowest BCUT2D eigenvalue weighted by Crippen LogP contribution is -2.03. The predicted molar refractivity (Wildman–Crippen MR) is 43.4 cm³/mol. The van der Waals surface area contributed by atoms with Crippen molar-refractivity contribution >= 4 is 11.8 Å². The zero-order valence-electron chi connectivity index (χ0n) is 6.00. The van der Waals surface area contributed by atoms with Crippen LogP contribution in [0.15, 0.2) is 9.95 Å². The van der Waals surface area contributed by atoms with Crippen LogP contribution in [0, 0.1) is 12.3 Å². The number of H-pyrrole nitrogens is 1. The second-order valence-electron chi connectivity index (χ2n) is 1.86. The fraction of sp³-hybridized carbons (Fsp3) is 0.333. The van der Waals surface area contributed by atoms with Gasteiger partial charge in [-0.05, 0) is 0 Å². The van der Waals surface area contributed by atoms with Crippen LogP contribution in [0.2, 0.25) is 0 Å². The zero-order chi connectivity index (χ0) is 8.27. The van der Waals surface area contributed by atoms with Crippen LogP contribution in [0.1, 0.15) is 0 Å². The normalized spacial score (nSPS) is 9.45. The summed E-state index contributed by atoms with van der Waals surface area (Å²) in [5.74, 6) is 2.97. The van der Waals surface area contributed by atoms with Crippen molar-refractivity contribution < 1.29 is 0 Å². The lowest BCUT2D eigenvalue weighted by molar-refractivity contribution is 0.682. The first kappa shape index (κ1) is 7.95. The van der Waals surface area contributed by atoms with Crippen molar-refractivity contribution in [3.05, 3.63) is 10.5 Å². The van der Waals surface area contributed by atoms with Crippen molar-refractivity contribution in [2.45, 2.75) is 5.16 Å². The highest BCUT2D eigenvalue weighted by molar-refractivity contribution is 7.99. The number of thioether (sulfide) groups is 1. The lowest BCUT2D eigenvalue weighted by Gasteiger charge is -1.93. The van der Waals surface area contributed by atoms with Crippen LogP contribution in [0.4, 0.5) is 0 Å². The van der Waals surface area contributed by atoms with E-state index < -0.39 is 0 Å². The van der Waals surface area contributed by atoms with Crippen molar-refractivity contribution in [3.8, 4) is 12.3 Å². The van der Waals surface area contributed by atoms with Gasteiger partial charge in [-0.15, -0.1) is 6.42 Å². The fourth-order valence-electron chi connectivity index (χ4n) is 0.613. The Morgan fingerprint density at radius 2 is 2.64 bits per heavy atom. The van der Waals surface area contributed by atoms with Gasteiger partial charge in [-0.25, -0.2) is 9.89 Å². The Morgan fingerprint density at radius 1 is 1.91 bits per heavy atom. The van der Waals surface area contributed by atoms with Gasteiger partial charge in [-0.1, -0.05) is 17.7 Å². The van der Waals surface area contributed by atoms with E-state index in [2.05, 4.69) is 16.0 Å². The molecule has 0 saturated carbocycles. The van der Waals surface area contributed by atoms with Gasteiger partial charge in [0.2, 0.25) is 0 Å². The molecule has 0 spiro atoms. The number of terminal acetylenes is 1. The van der Waals surface area contributed by atoms with Gasteiger partial charge in [0.1, 0.15) is 0 Å². The fourth-order valence-corrected chi connectivity index (χ4v) is 1.21. The SMILES string of the molecule is C#CCSc1nc(=O)[nH]n1C. The molecule has 0 fully saturated rings. The summed E-state index contributed by atoms with van der Waals surface area (Å²) < 4.78 is 1.55. The van der Waals surface area contributed by atoms with Crippen LogP contribution < -0.4 is 5.69 Å². The van der Waals surface area contributed by atoms with Crippen LogP contribution in [0.3, 0.4) is 0 Å². The van der Waals surface area contributed by atoms with Crippen LogP contribution in [-0.4, -0.2) is 20.5 Å². The quantitative estimate of drug-likeness (QED) is 0.494. The highest BCUT2D eigenvalue weighted by Gasteiger charge is 2.00. The third kappa shape index (κ3) is 1.88. The average Bonchev–Trinajstić information content (AvgIpc) is 2.26. The molecule has 0 radical (unpaired) electrons. The van der Waals surface area contributed by atoms with E-state index in [1.807, 2.05) is 0 Å². The molecule has 5 heteroatoms. The molecule has 58 valence electrons. The third-order valence-electron chi connectivity index (χ3n) is 1.03. The van der Waals surface area contributed by atoms with E-state index in [0.29, 0.717) is 10.9 Å². The lowest BCUT2D eigenvalue weighted by atomic mass is 10.8. The minimum absolute atomic E-state index is 0.341. The Labute approximate surface area is 68.0 Å². The number of hydrogen-bond donors (Lipinski definition) is 1. The molecule has 0 aliphatic carbocycles. The van der Waals surface area contributed by atoms with Crippen LogP contribution in [0.25, 0.3) is 0 Å². The topological polar surface area (TPSA) is 50.7 Å². The molecule has 1 aromatic rings. The van der Waals surface area contributed by atoms with E-state index in [1.165, 1.54) is 11.8 Å². The molecule has 0 atom stereocenters. The van der Waals surface area contributed by atoms with Gasteiger partial charge < -0.3 is 0 Å². The predicted octanol–water partition coefficient (Wildman–Crippen LogP) is -0.166. The summed E-state index contributed by atoms with van der Waals surface area (Å²) in [6.07, 6.45) is 5.04. The Morgan fingerprint density at radius 3 is 3.09 bits per heavy atom. The molecule has 0 amide bonds. The van der Waals surface area contributed by atoms with E-state index in [9.17, 15) is 4.79 Å². The number of nitrogens with one attached hydrogen (secondary N) is 1. The number of aromatic nitrogens is 3. The molecule has 1 heterocycles. The van der Waals surface area contributed by atoms with Crippen molar-refractivity contribution in [2.75, 3.05) is 5.75 Å². The van der Waals surface area contributed by atoms with Crippen LogP contribution in [0.5, 0.6) is 0 Å². The molecule has 1 aromatic heterocycles. The average molecular weight is 169 g/mol. The number of hydrogen-bond acceptors (Lipinski definition) is 3. The van der Waals surface area contributed by atoms with Crippen LogP contribution >= 0.6 is 11.8 Å². The van der Waals surface area contributed by atoms with Gasteiger partial charge in [0.25, 0.3) is 0 Å². The van der Waals surface area contributed by atoms with Gasteiger partial charge in [-0.3, -0.25) is 4.68 Å². The molecule has 0 unspecified atom stereocenters. The highest BCUT2D eigenvalue weighted by Crippen LogP contribution is 2.09. The maximum absolute atomic E-state index is 10.6. The summed E-state index contributed by atoms with van der Waals surface area (Å²) in [5.41, 5.74) is -0.341. The van der Waals surface area contributed by atoms with Gasteiger partial charge in [0, 0.05) is 7.05 Å². The molecular weight excluding hydrogens is 162 g/mol. The Kier molecular flexibility index (Phi) is 2.39. The van der Waals surface area contributed by atoms with E-state index in [1.54, 1.807) is 11.7 Å². The molecule has 11 heavy (non-hydrogen) atoms. The summed E-state index contributed by atoms with van der Waals surface area (Å²) in [6, 6.07) is 0. The molecular formula is C6H7N3OS. The molecule has 0 aromatic carbocycles. The van der Waals surface area contributed by atoms with Crippen molar-refractivity contribution in [3.63, 3.8) is 0 Å².